The molecule has 0 fully saturated rings. The van der Waals surface area contributed by atoms with Crippen LogP contribution in [0.25, 0.3) is 22.5 Å². The summed E-state index contributed by atoms with van der Waals surface area (Å²) in [5.41, 5.74) is 4.59. The van der Waals surface area contributed by atoms with Crippen molar-refractivity contribution in [3.05, 3.63) is 84.2 Å². The van der Waals surface area contributed by atoms with E-state index in [9.17, 15) is 4.79 Å². The molecule has 0 radical (unpaired) electrons. The van der Waals surface area contributed by atoms with Gasteiger partial charge in [0.1, 0.15) is 0 Å². The van der Waals surface area contributed by atoms with Crippen LogP contribution in [0.3, 0.4) is 0 Å². The maximum absolute atomic E-state index is 13.0. The van der Waals surface area contributed by atoms with Crippen LogP contribution in [0, 0.1) is 26.0 Å². The maximum Gasteiger partial charge on any atom is 2.00 e. The Morgan fingerprint density at radius 2 is 1.26 bits per heavy atom. The molecule has 6 heteroatoms. The summed E-state index contributed by atoms with van der Waals surface area (Å²) in [4.78, 5) is 13.0. The van der Waals surface area contributed by atoms with E-state index in [1.165, 1.54) is 9.36 Å². The normalized spacial score (nSPS) is 10.4. The molecule has 0 saturated carbocycles. The van der Waals surface area contributed by atoms with Crippen molar-refractivity contribution in [2.24, 2.45) is 0 Å². The van der Waals surface area contributed by atoms with Crippen molar-refractivity contribution in [2.45, 2.75) is 13.8 Å². The smallest absolute Gasteiger partial charge is 0.244 e. The van der Waals surface area contributed by atoms with Crippen molar-refractivity contribution in [3.63, 3.8) is 0 Å². The zero-order chi connectivity index (χ0) is 18.1. The van der Waals surface area contributed by atoms with Crippen molar-refractivity contribution >= 4 is 6.03 Å². The molecule has 0 unspecified atom stereocenters. The van der Waals surface area contributed by atoms with Crippen molar-refractivity contribution in [3.8, 4) is 22.5 Å². The van der Waals surface area contributed by atoms with Crippen molar-refractivity contribution in [2.75, 3.05) is 0 Å². The molecule has 0 aliphatic carbocycles. The van der Waals surface area contributed by atoms with E-state index >= 15 is 0 Å². The number of hydrogen-bond acceptors (Lipinski definition) is 3. The zero-order valence-corrected chi connectivity index (χ0v) is 17.1. The minimum Gasteiger partial charge on any atom is -0.244 e. The molecule has 0 aliphatic heterocycles. The Morgan fingerprint density at radius 1 is 0.815 bits per heavy atom. The Balaban J connectivity index is 0.00000210. The monoisotopic (exact) mass is 535 g/mol. The average Bonchev–Trinajstić information content (AvgIpc) is 3.26. The van der Waals surface area contributed by atoms with E-state index in [2.05, 4.69) is 22.3 Å². The third-order valence-electron chi connectivity index (χ3n) is 4.11. The van der Waals surface area contributed by atoms with Crippen LogP contribution in [0.4, 0.5) is 4.79 Å². The number of aromatic nitrogens is 4. The van der Waals surface area contributed by atoms with Gasteiger partial charge in [0.15, 0.2) is 0 Å². The fourth-order valence-corrected chi connectivity index (χ4v) is 2.79. The van der Waals surface area contributed by atoms with Crippen molar-refractivity contribution < 1.29 is 25.9 Å². The third kappa shape index (κ3) is 3.69. The molecule has 2 aromatic heterocycles. The largest absolute Gasteiger partial charge is 2.00 e. The summed E-state index contributed by atoms with van der Waals surface area (Å²) in [6.45, 7) is 3.70. The molecular weight excluding hydrogens is 519 g/mol. The topological polar surface area (TPSA) is 52.7 Å². The van der Waals surface area contributed by atoms with Gasteiger partial charge in [-0.05, 0) is 13.8 Å². The predicted octanol–water partition coefficient (Wildman–Crippen LogP) is 4.14. The standard InChI is InChI=1S/C21H16N4O.Pt/c1-15-13-19(17-9-5-3-6-10-17)22-24(15)21(26)25-16(2)14-20(23-25)18-11-7-4-8-12-18;/h3-9,11,13-14H,1-2H3;/q-2;+2. The Bertz CT molecular complexity index is 983. The van der Waals surface area contributed by atoms with Crippen LogP contribution in [0.1, 0.15) is 11.4 Å². The van der Waals surface area contributed by atoms with Gasteiger partial charge in [0.05, 0.1) is 0 Å². The van der Waals surface area contributed by atoms with E-state index in [-0.39, 0.29) is 27.1 Å². The summed E-state index contributed by atoms with van der Waals surface area (Å²) in [6.07, 6.45) is 0. The third-order valence-corrected chi connectivity index (χ3v) is 4.11. The molecule has 2 heterocycles. The second-order valence-electron chi connectivity index (χ2n) is 6.00. The number of rotatable bonds is 2. The maximum atomic E-state index is 13.0. The molecule has 4 aromatic rings. The Hall–Kier alpha value is -2.78. The molecule has 136 valence electrons. The first-order valence-corrected chi connectivity index (χ1v) is 8.26. The van der Waals surface area contributed by atoms with Crippen LogP contribution in [-0.4, -0.2) is 25.6 Å². The molecule has 5 nitrogen and oxygen atoms in total. The molecule has 0 bridgehead atoms. The zero-order valence-electron chi connectivity index (χ0n) is 14.8. The summed E-state index contributed by atoms with van der Waals surface area (Å²) in [5, 5.41) is 8.89. The molecule has 0 amide bonds. The Kier molecular flexibility index (Phi) is 5.52. The van der Waals surface area contributed by atoms with Crippen LogP contribution >= 0.6 is 0 Å². The molecule has 27 heavy (non-hydrogen) atoms. The number of carbonyl (C=O) groups excluding carboxylic acids is 1. The van der Waals surface area contributed by atoms with Gasteiger partial charge < -0.3 is 0 Å². The fourth-order valence-electron chi connectivity index (χ4n) is 2.79. The SMILES string of the molecule is Cc1cc(-c2[c-]cccc2)nn1C(=O)n1nc(-c2[c-]cccc2)cc1C.[Pt+2]. The van der Waals surface area contributed by atoms with Gasteiger partial charge in [0, 0.05) is 22.8 Å². The van der Waals surface area contributed by atoms with Gasteiger partial charge in [-0.2, -0.15) is 9.36 Å². The molecule has 0 atom stereocenters. The summed E-state index contributed by atoms with van der Waals surface area (Å²) in [7, 11) is 0. The first-order chi connectivity index (χ1) is 12.6. The van der Waals surface area contributed by atoms with Crippen molar-refractivity contribution in [1.82, 2.24) is 19.6 Å². The van der Waals surface area contributed by atoms with Crippen LogP contribution in [0.15, 0.2) is 60.7 Å². The summed E-state index contributed by atoms with van der Waals surface area (Å²) in [5.74, 6) is 0. The molecule has 0 aliphatic rings. The number of nitrogens with zero attached hydrogens (tertiary/aromatic N) is 4. The summed E-state index contributed by atoms with van der Waals surface area (Å²) >= 11 is 0. The van der Waals surface area contributed by atoms with Crippen LogP contribution < -0.4 is 0 Å². The number of aryl methyl sites for hydroxylation is 2. The van der Waals surface area contributed by atoms with Crippen LogP contribution in [-0.2, 0) is 21.1 Å². The van der Waals surface area contributed by atoms with E-state index in [1.54, 1.807) is 0 Å². The van der Waals surface area contributed by atoms with Gasteiger partial charge in [-0.3, -0.25) is 0 Å². The second-order valence-corrected chi connectivity index (χ2v) is 6.00. The molecule has 4 rings (SSSR count). The molecule has 0 saturated heterocycles. The Morgan fingerprint density at radius 3 is 1.63 bits per heavy atom. The van der Waals surface area contributed by atoms with Gasteiger partial charge >= 0.3 is 27.1 Å². The van der Waals surface area contributed by atoms with E-state index in [1.807, 2.05) is 74.5 Å². The quantitative estimate of drug-likeness (QED) is 0.363. The van der Waals surface area contributed by atoms with Gasteiger partial charge in [-0.1, -0.05) is 12.1 Å². The molecular formula is C21H16N4OPt. The van der Waals surface area contributed by atoms with Gasteiger partial charge in [0.25, 0.3) is 0 Å². The fraction of sp³-hybridized carbons (Fsp3) is 0.0952. The van der Waals surface area contributed by atoms with E-state index in [0.29, 0.717) is 11.4 Å². The van der Waals surface area contributed by atoms with Crippen LogP contribution in [0.5, 0.6) is 0 Å². The number of benzene rings is 2. The Labute approximate surface area is 171 Å². The number of carbonyl (C=O) groups is 1. The van der Waals surface area contributed by atoms with E-state index < -0.39 is 0 Å². The molecule has 0 spiro atoms. The molecule has 2 aromatic carbocycles. The summed E-state index contributed by atoms with van der Waals surface area (Å²) < 4.78 is 2.74. The first-order valence-electron chi connectivity index (χ1n) is 8.26. The summed E-state index contributed by atoms with van der Waals surface area (Å²) in [6, 6.07) is 24.8. The predicted molar refractivity (Wildman–Crippen MR) is 98.7 cm³/mol. The minimum absolute atomic E-state index is 0. The van der Waals surface area contributed by atoms with Gasteiger partial charge in [-0.15, -0.1) is 71.8 Å². The van der Waals surface area contributed by atoms with E-state index in [4.69, 9.17) is 0 Å². The average molecular weight is 535 g/mol. The van der Waals surface area contributed by atoms with Crippen LogP contribution in [0.2, 0.25) is 0 Å². The number of hydrogen-bond donors (Lipinski definition) is 0. The van der Waals surface area contributed by atoms with E-state index in [0.717, 1.165) is 22.5 Å². The second kappa shape index (κ2) is 7.85. The first kappa shape index (κ1) is 19.0. The van der Waals surface area contributed by atoms with Gasteiger partial charge in [0.2, 0.25) is 0 Å². The van der Waals surface area contributed by atoms with Gasteiger partial charge in [-0.25, -0.2) is 15.0 Å². The molecule has 0 N–H and O–H groups in total. The van der Waals surface area contributed by atoms with Crippen molar-refractivity contribution in [1.29, 1.82) is 0 Å². The minimum atomic E-state index is -0.315.